The van der Waals surface area contributed by atoms with Crippen molar-refractivity contribution >= 4 is 11.6 Å². The molecule has 1 aliphatic rings. The zero-order chi connectivity index (χ0) is 13.9. The Morgan fingerprint density at radius 2 is 2.00 bits per heavy atom. The number of amides is 1. The van der Waals surface area contributed by atoms with Crippen molar-refractivity contribution < 1.29 is 4.79 Å². The fourth-order valence-corrected chi connectivity index (χ4v) is 2.86. The van der Waals surface area contributed by atoms with Crippen molar-refractivity contribution in [1.82, 2.24) is 5.32 Å². The number of nitrogens with two attached hydrogens (primary N) is 1. The third kappa shape index (κ3) is 3.49. The van der Waals surface area contributed by atoms with Crippen LogP contribution in [-0.2, 0) is 0 Å². The first-order chi connectivity index (χ1) is 9.00. The Bertz CT molecular complexity index is 462. The van der Waals surface area contributed by atoms with Gasteiger partial charge >= 0.3 is 0 Å². The van der Waals surface area contributed by atoms with Gasteiger partial charge in [-0.25, -0.2) is 0 Å². The number of hydrogen-bond acceptors (Lipinski definition) is 2. The number of carbonyl (C=O) groups excluding carboxylic acids is 1. The van der Waals surface area contributed by atoms with Crippen molar-refractivity contribution in [3.63, 3.8) is 0 Å². The summed E-state index contributed by atoms with van der Waals surface area (Å²) in [6, 6.07) is 5.48. The molecule has 0 atom stereocenters. The maximum absolute atomic E-state index is 12.2. The van der Waals surface area contributed by atoms with Gasteiger partial charge in [-0.1, -0.05) is 32.3 Å². The van der Waals surface area contributed by atoms with Crippen LogP contribution in [0.15, 0.2) is 18.2 Å². The summed E-state index contributed by atoms with van der Waals surface area (Å²) in [5.41, 5.74) is 8.32. The van der Waals surface area contributed by atoms with E-state index in [9.17, 15) is 4.79 Å². The molecule has 0 heterocycles. The van der Waals surface area contributed by atoms with Crippen molar-refractivity contribution in [3.8, 4) is 0 Å². The molecule has 1 fully saturated rings. The Labute approximate surface area is 115 Å². The monoisotopic (exact) mass is 260 g/mol. The number of aryl methyl sites for hydroxylation is 1. The maximum Gasteiger partial charge on any atom is 0.251 e. The van der Waals surface area contributed by atoms with Crippen LogP contribution in [0.4, 0.5) is 5.69 Å². The second-order valence-electron chi connectivity index (χ2n) is 6.13. The molecule has 0 unspecified atom stereocenters. The average molecular weight is 260 g/mol. The molecule has 1 saturated carbocycles. The van der Waals surface area contributed by atoms with E-state index in [1.807, 2.05) is 19.1 Å². The van der Waals surface area contributed by atoms with Gasteiger partial charge in [-0.2, -0.15) is 0 Å². The van der Waals surface area contributed by atoms with E-state index < -0.39 is 0 Å². The van der Waals surface area contributed by atoms with Gasteiger partial charge in [0.1, 0.15) is 0 Å². The van der Waals surface area contributed by atoms with Gasteiger partial charge in [0.05, 0.1) is 0 Å². The van der Waals surface area contributed by atoms with Crippen LogP contribution < -0.4 is 11.1 Å². The van der Waals surface area contributed by atoms with E-state index in [-0.39, 0.29) is 11.3 Å². The lowest BCUT2D eigenvalue weighted by atomic mass is 9.76. The van der Waals surface area contributed by atoms with Crippen LogP contribution in [0.25, 0.3) is 0 Å². The normalized spacial score (nSPS) is 18.0. The third-order valence-electron chi connectivity index (χ3n) is 4.24. The maximum atomic E-state index is 12.2. The zero-order valence-electron chi connectivity index (χ0n) is 12.0. The second kappa shape index (κ2) is 5.64. The van der Waals surface area contributed by atoms with Crippen LogP contribution in [0.3, 0.4) is 0 Å². The van der Waals surface area contributed by atoms with E-state index in [1.54, 1.807) is 6.07 Å². The molecule has 1 amide bonds. The molecular formula is C16H24N2O. The second-order valence-corrected chi connectivity index (χ2v) is 6.13. The molecule has 0 radical (unpaired) electrons. The fourth-order valence-electron chi connectivity index (χ4n) is 2.86. The van der Waals surface area contributed by atoms with E-state index in [2.05, 4.69) is 12.2 Å². The van der Waals surface area contributed by atoms with Crippen LogP contribution in [0, 0.1) is 12.3 Å². The van der Waals surface area contributed by atoms with Crippen molar-refractivity contribution in [2.75, 3.05) is 12.3 Å². The topological polar surface area (TPSA) is 55.1 Å². The SMILES string of the molecule is Cc1ccc(N)cc1C(=O)NCC1(C)CCCCC1. The summed E-state index contributed by atoms with van der Waals surface area (Å²) in [6.07, 6.45) is 6.32. The molecule has 3 N–H and O–H groups in total. The number of rotatable bonds is 3. The first-order valence-electron chi connectivity index (χ1n) is 7.15. The Morgan fingerprint density at radius 3 is 2.68 bits per heavy atom. The lowest BCUT2D eigenvalue weighted by Gasteiger charge is -2.33. The van der Waals surface area contributed by atoms with Crippen LogP contribution in [0.2, 0.25) is 0 Å². The highest BCUT2D eigenvalue weighted by Crippen LogP contribution is 2.35. The predicted octanol–water partition coefficient (Wildman–Crippen LogP) is 3.28. The number of anilines is 1. The van der Waals surface area contributed by atoms with E-state index >= 15 is 0 Å². The summed E-state index contributed by atoms with van der Waals surface area (Å²) >= 11 is 0. The molecule has 0 bridgehead atoms. The summed E-state index contributed by atoms with van der Waals surface area (Å²) in [5.74, 6) is -0.00315. The number of nitrogen functional groups attached to an aromatic ring is 1. The number of nitrogens with one attached hydrogen (secondary N) is 1. The average Bonchev–Trinajstić information content (AvgIpc) is 2.40. The molecule has 0 spiro atoms. The van der Waals surface area contributed by atoms with Crippen LogP contribution in [0.5, 0.6) is 0 Å². The lowest BCUT2D eigenvalue weighted by Crippen LogP contribution is -2.37. The van der Waals surface area contributed by atoms with E-state index in [0.29, 0.717) is 11.3 Å². The minimum absolute atomic E-state index is 0.00315. The van der Waals surface area contributed by atoms with Crippen molar-refractivity contribution in [1.29, 1.82) is 0 Å². The van der Waals surface area contributed by atoms with Gasteiger partial charge in [0.25, 0.3) is 5.91 Å². The summed E-state index contributed by atoms with van der Waals surface area (Å²) in [5, 5.41) is 3.08. The Morgan fingerprint density at radius 1 is 1.32 bits per heavy atom. The molecule has 0 saturated heterocycles. The highest BCUT2D eigenvalue weighted by molar-refractivity contribution is 5.96. The zero-order valence-corrected chi connectivity index (χ0v) is 12.0. The van der Waals surface area contributed by atoms with Crippen molar-refractivity contribution in [2.24, 2.45) is 5.41 Å². The molecule has 1 aromatic carbocycles. The van der Waals surface area contributed by atoms with E-state index in [4.69, 9.17) is 5.73 Å². The Balaban J connectivity index is 1.99. The minimum atomic E-state index is -0.00315. The number of benzene rings is 1. The molecule has 2 rings (SSSR count). The van der Waals surface area contributed by atoms with Gasteiger partial charge in [-0.3, -0.25) is 4.79 Å². The van der Waals surface area contributed by atoms with Crippen molar-refractivity contribution in [2.45, 2.75) is 46.0 Å². The van der Waals surface area contributed by atoms with Gasteiger partial charge < -0.3 is 11.1 Å². The van der Waals surface area contributed by atoms with Gasteiger partial charge in [0, 0.05) is 17.8 Å². The molecule has 104 valence electrons. The smallest absolute Gasteiger partial charge is 0.251 e. The highest BCUT2D eigenvalue weighted by Gasteiger charge is 2.27. The summed E-state index contributed by atoms with van der Waals surface area (Å²) in [4.78, 5) is 12.2. The minimum Gasteiger partial charge on any atom is -0.399 e. The van der Waals surface area contributed by atoms with Crippen LogP contribution >= 0.6 is 0 Å². The molecular weight excluding hydrogens is 236 g/mol. The van der Waals surface area contributed by atoms with Gasteiger partial charge in [-0.05, 0) is 42.9 Å². The third-order valence-corrected chi connectivity index (χ3v) is 4.24. The van der Waals surface area contributed by atoms with Gasteiger partial charge in [0.15, 0.2) is 0 Å². The summed E-state index contributed by atoms with van der Waals surface area (Å²) in [7, 11) is 0. The molecule has 0 aliphatic heterocycles. The standard InChI is InChI=1S/C16H24N2O/c1-12-6-7-13(17)10-14(12)15(19)18-11-16(2)8-4-3-5-9-16/h6-7,10H,3-5,8-9,11,17H2,1-2H3,(H,18,19). The first kappa shape index (κ1) is 13.9. The largest absolute Gasteiger partial charge is 0.399 e. The highest BCUT2D eigenvalue weighted by atomic mass is 16.1. The molecule has 1 aliphatic carbocycles. The molecule has 1 aromatic rings. The predicted molar refractivity (Wildman–Crippen MR) is 79.1 cm³/mol. The van der Waals surface area contributed by atoms with Crippen LogP contribution in [0.1, 0.15) is 54.9 Å². The first-order valence-corrected chi connectivity index (χ1v) is 7.15. The quantitative estimate of drug-likeness (QED) is 0.819. The molecule has 19 heavy (non-hydrogen) atoms. The van der Waals surface area contributed by atoms with Crippen LogP contribution in [-0.4, -0.2) is 12.5 Å². The van der Waals surface area contributed by atoms with E-state index in [0.717, 1.165) is 12.1 Å². The Kier molecular flexibility index (Phi) is 4.13. The number of carbonyl (C=O) groups is 1. The lowest BCUT2D eigenvalue weighted by molar-refractivity contribution is 0.0918. The fraction of sp³-hybridized carbons (Fsp3) is 0.562. The molecule has 0 aromatic heterocycles. The summed E-state index contributed by atoms with van der Waals surface area (Å²) in [6.45, 7) is 4.98. The molecule has 3 heteroatoms. The van der Waals surface area contributed by atoms with Gasteiger partial charge in [0.2, 0.25) is 0 Å². The van der Waals surface area contributed by atoms with Crippen molar-refractivity contribution in [3.05, 3.63) is 29.3 Å². The van der Waals surface area contributed by atoms with Gasteiger partial charge in [-0.15, -0.1) is 0 Å². The van der Waals surface area contributed by atoms with E-state index in [1.165, 1.54) is 32.1 Å². The molecule has 3 nitrogen and oxygen atoms in total. The Hall–Kier alpha value is -1.51. The summed E-state index contributed by atoms with van der Waals surface area (Å²) < 4.78 is 0. The number of hydrogen-bond donors (Lipinski definition) is 2.